The molecule has 0 aromatic heterocycles. The summed E-state index contributed by atoms with van der Waals surface area (Å²) in [7, 11) is -3.92. The summed E-state index contributed by atoms with van der Waals surface area (Å²) < 4.78 is 28.3. The minimum atomic E-state index is -3.92. The second kappa shape index (κ2) is 10.7. The summed E-state index contributed by atoms with van der Waals surface area (Å²) >= 11 is 0. The van der Waals surface area contributed by atoms with E-state index in [-0.39, 0.29) is 17.3 Å². The van der Waals surface area contributed by atoms with E-state index in [0.29, 0.717) is 12.2 Å². The Kier molecular flexibility index (Phi) is 7.92. The molecule has 5 nitrogen and oxygen atoms in total. The van der Waals surface area contributed by atoms with E-state index in [9.17, 15) is 13.2 Å². The zero-order valence-electron chi connectivity index (χ0n) is 19.8. The van der Waals surface area contributed by atoms with Crippen LogP contribution >= 0.6 is 0 Å². The number of benzene rings is 3. The van der Waals surface area contributed by atoms with Gasteiger partial charge in [0.25, 0.3) is 10.0 Å². The Bertz CT molecular complexity index is 1220. The third-order valence-electron chi connectivity index (χ3n) is 6.00. The molecule has 0 fully saturated rings. The Labute approximate surface area is 197 Å². The summed E-state index contributed by atoms with van der Waals surface area (Å²) in [5.74, 6) is -0.348. The van der Waals surface area contributed by atoms with Gasteiger partial charge >= 0.3 is 0 Å². The van der Waals surface area contributed by atoms with Crippen molar-refractivity contribution in [2.24, 2.45) is 0 Å². The Hall–Kier alpha value is -3.12. The van der Waals surface area contributed by atoms with Gasteiger partial charge in [-0.2, -0.15) is 0 Å². The molecule has 174 valence electrons. The average Bonchev–Trinajstić information content (AvgIpc) is 2.83. The Morgan fingerprint density at radius 1 is 0.879 bits per heavy atom. The van der Waals surface area contributed by atoms with Crippen LogP contribution in [-0.2, 0) is 34.2 Å². The zero-order chi connectivity index (χ0) is 24.0. The average molecular weight is 465 g/mol. The standard InChI is InChI=1S/C27H32N2O3S/c1-5-22-15-16-23(6-2)24(17-22)18-28-27(30)19-29(26-14-10-11-20(3)21(26)4)33(31,32)25-12-8-7-9-13-25/h7-17H,5-6,18-19H2,1-4H3,(H,28,30). The van der Waals surface area contributed by atoms with Crippen LogP contribution < -0.4 is 9.62 Å². The lowest BCUT2D eigenvalue weighted by Crippen LogP contribution is -2.41. The van der Waals surface area contributed by atoms with Gasteiger partial charge in [0, 0.05) is 6.54 Å². The second-order valence-corrected chi connectivity index (χ2v) is 9.99. The first-order valence-corrected chi connectivity index (χ1v) is 12.7. The summed E-state index contributed by atoms with van der Waals surface area (Å²) in [5.41, 5.74) is 5.75. The van der Waals surface area contributed by atoms with Crippen molar-refractivity contribution < 1.29 is 13.2 Å². The molecule has 0 unspecified atom stereocenters. The third kappa shape index (κ3) is 5.63. The largest absolute Gasteiger partial charge is 0.350 e. The first-order chi connectivity index (χ1) is 15.8. The number of hydrogen-bond acceptors (Lipinski definition) is 3. The highest BCUT2D eigenvalue weighted by Gasteiger charge is 2.28. The summed E-state index contributed by atoms with van der Waals surface area (Å²) in [4.78, 5) is 13.2. The molecule has 1 N–H and O–H groups in total. The maximum Gasteiger partial charge on any atom is 0.264 e. The van der Waals surface area contributed by atoms with Crippen molar-refractivity contribution in [1.82, 2.24) is 5.32 Å². The van der Waals surface area contributed by atoms with Crippen LogP contribution in [0.3, 0.4) is 0 Å². The molecule has 0 spiro atoms. The van der Waals surface area contributed by atoms with Gasteiger partial charge in [-0.25, -0.2) is 8.42 Å². The van der Waals surface area contributed by atoms with Crippen molar-refractivity contribution in [3.8, 4) is 0 Å². The van der Waals surface area contributed by atoms with Crippen molar-refractivity contribution in [1.29, 1.82) is 0 Å². The maximum absolute atomic E-state index is 13.5. The number of amides is 1. The van der Waals surface area contributed by atoms with Crippen LogP contribution in [0.15, 0.2) is 71.6 Å². The van der Waals surface area contributed by atoms with Crippen LogP contribution in [0.2, 0.25) is 0 Å². The number of carbonyl (C=O) groups is 1. The highest BCUT2D eigenvalue weighted by atomic mass is 32.2. The van der Waals surface area contributed by atoms with Crippen molar-refractivity contribution in [2.75, 3.05) is 10.8 Å². The number of carbonyl (C=O) groups excluding carboxylic acids is 1. The van der Waals surface area contributed by atoms with Crippen molar-refractivity contribution in [3.05, 3.63) is 94.5 Å². The number of rotatable bonds is 9. The van der Waals surface area contributed by atoms with Crippen LogP contribution in [0.1, 0.15) is 41.7 Å². The second-order valence-electron chi connectivity index (χ2n) is 8.13. The van der Waals surface area contributed by atoms with E-state index < -0.39 is 10.0 Å². The molecular weight excluding hydrogens is 432 g/mol. The van der Waals surface area contributed by atoms with E-state index in [1.807, 2.05) is 26.0 Å². The molecule has 0 aliphatic rings. The normalized spacial score (nSPS) is 11.3. The zero-order valence-corrected chi connectivity index (χ0v) is 20.6. The summed E-state index contributed by atoms with van der Waals surface area (Å²) in [6, 6.07) is 20.0. The molecule has 0 heterocycles. The molecular formula is C27H32N2O3S. The van der Waals surface area contributed by atoms with E-state index in [1.54, 1.807) is 36.4 Å². The van der Waals surface area contributed by atoms with Gasteiger partial charge in [-0.05, 0) is 72.7 Å². The number of nitrogens with zero attached hydrogens (tertiary/aromatic N) is 1. The Morgan fingerprint density at radius 2 is 1.61 bits per heavy atom. The van der Waals surface area contributed by atoms with Gasteiger partial charge in [-0.1, -0.05) is 62.4 Å². The molecule has 6 heteroatoms. The molecule has 0 bridgehead atoms. The lowest BCUT2D eigenvalue weighted by atomic mass is 10.0. The lowest BCUT2D eigenvalue weighted by molar-refractivity contribution is -0.119. The van der Waals surface area contributed by atoms with E-state index in [4.69, 9.17) is 0 Å². The number of sulfonamides is 1. The molecule has 0 radical (unpaired) electrons. The van der Waals surface area contributed by atoms with E-state index in [2.05, 4.69) is 37.4 Å². The van der Waals surface area contributed by atoms with Crippen molar-refractivity contribution >= 4 is 21.6 Å². The van der Waals surface area contributed by atoms with Gasteiger partial charge in [-0.15, -0.1) is 0 Å². The van der Waals surface area contributed by atoms with Crippen LogP contribution in [0.4, 0.5) is 5.69 Å². The van der Waals surface area contributed by atoms with Gasteiger partial charge < -0.3 is 5.32 Å². The van der Waals surface area contributed by atoms with Gasteiger partial charge in [0.2, 0.25) is 5.91 Å². The minimum absolute atomic E-state index is 0.155. The highest BCUT2D eigenvalue weighted by Crippen LogP contribution is 2.28. The molecule has 33 heavy (non-hydrogen) atoms. The van der Waals surface area contributed by atoms with Gasteiger partial charge in [0.15, 0.2) is 0 Å². The highest BCUT2D eigenvalue weighted by molar-refractivity contribution is 7.92. The van der Waals surface area contributed by atoms with E-state index in [0.717, 1.165) is 29.5 Å². The molecule has 0 saturated heterocycles. The van der Waals surface area contributed by atoms with Crippen LogP contribution in [0, 0.1) is 13.8 Å². The summed E-state index contributed by atoms with van der Waals surface area (Å²) in [5, 5.41) is 2.94. The van der Waals surface area contributed by atoms with Gasteiger partial charge in [-0.3, -0.25) is 9.10 Å². The van der Waals surface area contributed by atoms with Crippen LogP contribution in [0.25, 0.3) is 0 Å². The number of hydrogen-bond donors (Lipinski definition) is 1. The molecule has 0 aliphatic carbocycles. The molecule has 3 rings (SSSR count). The maximum atomic E-state index is 13.5. The van der Waals surface area contributed by atoms with Gasteiger partial charge in [0.05, 0.1) is 10.6 Å². The molecule has 0 saturated carbocycles. The van der Waals surface area contributed by atoms with Crippen molar-refractivity contribution in [2.45, 2.75) is 52.0 Å². The van der Waals surface area contributed by atoms with Crippen LogP contribution in [0.5, 0.6) is 0 Å². The molecule has 3 aromatic carbocycles. The van der Waals surface area contributed by atoms with Crippen molar-refractivity contribution in [3.63, 3.8) is 0 Å². The smallest absolute Gasteiger partial charge is 0.264 e. The predicted molar refractivity (Wildman–Crippen MR) is 134 cm³/mol. The molecule has 3 aromatic rings. The first-order valence-electron chi connectivity index (χ1n) is 11.3. The van der Waals surface area contributed by atoms with Crippen LogP contribution in [-0.4, -0.2) is 20.9 Å². The SMILES string of the molecule is CCc1ccc(CC)c(CNC(=O)CN(c2cccc(C)c2C)S(=O)(=O)c2ccccc2)c1. The Balaban J connectivity index is 1.90. The summed E-state index contributed by atoms with van der Waals surface area (Å²) in [6.45, 7) is 8.05. The number of aryl methyl sites for hydroxylation is 3. The van der Waals surface area contributed by atoms with Gasteiger partial charge in [0.1, 0.15) is 6.54 Å². The first kappa shape index (κ1) is 24.5. The molecule has 1 amide bonds. The fourth-order valence-electron chi connectivity index (χ4n) is 3.81. The fraction of sp³-hybridized carbons (Fsp3) is 0.296. The lowest BCUT2D eigenvalue weighted by Gasteiger charge is -2.26. The predicted octanol–water partition coefficient (Wildman–Crippen LogP) is 4.94. The fourth-order valence-corrected chi connectivity index (χ4v) is 5.31. The third-order valence-corrected chi connectivity index (χ3v) is 7.77. The molecule has 0 atom stereocenters. The number of nitrogens with one attached hydrogen (secondary N) is 1. The topological polar surface area (TPSA) is 66.5 Å². The number of anilines is 1. The van der Waals surface area contributed by atoms with E-state index >= 15 is 0 Å². The monoisotopic (exact) mass is 464 g/mol. The molecule has 0 aliphatic heterocycles. The minimum Gasteiger partial charge on any atom is -0.350 e. The summed E-state index contributed by atoms with van der Waals surface area (Å²) in [6.07, 6.45) is 1.78. The Morgan fingerprint density at radius 3 is 2.27 bits per heavy atom. The van der Waals surface area contributed by atoms with E-state index in [1.165, 1.54) is 15.4 Å². The quantitative estimate of drug-likeness (QED) is 0.488.